The Morgan fingerprint density at radius 2 is 1.82 bits per heavy atom. The van der Waals surface area contributed by atoms with E-state index in [0.29, 0.717) is 6.04 Å². The maximum atomic E-state index is 11.5. The Kier molecular flexibility index (Phi) is 6.17. The average Bonchev–Trinajstić information content (AvgIpc) is 2.66. The summed E-state index contributed by atoms with van der Waals surface area (Å²) in [6.07, 6.45) is 1.93. The smallest absolute Gasteiger partial charge is 0.335 e. The molecule has 0 aromatic heterocycles. The number of phenolic OH excluding ortho intramolecular Hbond substituents is 1. The minimum Gasteiger partial charge on any atom is -0.508 e. The fraction of sp³-hybridized carbons (Fsp3) is 0.348. The molecule has 5 nitrogen and oxygen atoms in total. The molecule has 28 heavy (non-hydrogen) atoms. The van der Waals surface area contributed by atoms with Crippen LogP contribution in [0.3, 0.4) is 0 Å². The Morgan fingerprint density at radius 1 is 1.14 bits per heavy atom. The molecule has 0 bridgehead atoms. The zero-order valence-electron chi connectivity index (χ0n) is 16.5. The predicted molar refractivity (Wildman–Crippen MR) is 111 cm³/mol. The first-order valence-electron chi connectivity index (χ1n) is 9.63. The first-order chi connectivity index (χ1) is 13.4. The van der Waals surface area contributed by atoms with Crippen LogP contribution in [-0.4, -0.2) is 57.7 Å². The molecule has 0 aliphatic carbocycles. The van der Waals surface area contributed by atoms with Crippen LogP contribution in [0.15, 0.2) is 61.2 Å². The van der Waals surface area contributed by atoms with Crippen LogP contribution < -0.4 is 0 Å². The summed E-state index contributed by atoms with van der Waals surface area (Å²) in [7, 11) is 0. The van der Waals surface area contributed by atoms with Crippen molar-refractivity contribution in [3.05, 3.63) is 77.9 Å². The minimum absolute atomic E-state index is 0.130. The van der Waals surface area contributed by atoms with Crippen molar-refractivity contribution in [1.29, 1.82) is 0 Å². The van der Waals surface area contributed by atoms with Crippen LogP contribution in [-0.2, 0) is 0 Å². The molecule has 0 radical (unpaired) electrons. The van der Waals surface area contributed by atoms with Crippen molar-refractivity contribution < 1.29 is 15.0 Å². The molecular formula is C23H28N2O3. The van der Waals surface area contributed by atoms with Crippen LogP contribution in [0, 0.1) is 0 Å². The van der Waals surface area contributed by atoms with E-state index < -0.39 is 5.97 Å². The molecule has 3 atom stereocenters. The lowest BCUT2D eigenvalue weighted by molar-refractivity contribution is 0.0306. The highest BCUT2D eigenvalue weighted by atomic mass is 16.4. The van der Waals surface area contributed by atoms with Crippen molar-refractivity contribution in [2.45, 2.75) is 32.0 Å². The number of piperazine rings is 1. The number of hydrogen-bond donors (Lipinski definition) is 2. The number of rotatable bonds is 6. The molecular weight excluding hydrogens is 352 g/mol. The second-order valence-corrected chi connectivity index (χ2v) is 7.57. The Hall–Kier alpha value is -2.63. The van der Waals surface area contributed by atoms with Crippen molar-refractivity contribution in [2.75, 3.05) is 19.6 Å². The second kappa shape index (κ2) is 8.59. The summed E-state index contributed by atoms with van der Waals surface area (Å²) in [5, 5.41) is 19.5. The molecule has 0 amide bonds. The number of carboxylic acids is 1. The normalized spacial score (nSPS) is 21.9. The maximum absolute atomic E-state index is 11.5. The van der Waals surface area contributed by atoms with Gasteiger partial charge in [-0.05, 0) is 49.2 Å². The SMILES string of the molecule is C=CCN1C[C@H](C)N([C@H](c2cccc(O)c2)c2cccc(C(=O)O)c2)C[C@H]1C. The van der Waals surface area contributed by atoms with Crippen LogP contribution in [0.2, 0.25) is 0 Å². The molecule has 1 heterocycles. The summed E-state index contributed by atoms with van der Waals surface area (Å²) in [5.41, 5.74) is 2.15. The summed E-state index contributed by atoms with van der Waals surface area (Å²) >= 11 is 0. The monoisotopic (exact) mass is 380 g/mol. The standard InChI is InChI=1S/C23H28N2O3/c1-4-11-24-14-17(3)25(15-16(24)2)22(19-8-6-10-21(26)13-19)18-7-5-9-20(12-18)23(27)28/h4-10,12-13,16-17,22,26H,1,11,14-15H2,2-3H3,(H,27,28)/t16-,17+,22+/m1/s1. The molecule has 1 saturated heterocycles. The van der Waals surface area contributed by atoms with E-state index >= 15 is 0 Å². The Morgan fingerprint density at radius 3 is 2.46 bits per heavy atom. The molecule has 0 saturated carbocycles. The lowest BCUT2D eigenvalue weighted by Gasteiger charge is -2.47. The van der Waals surface area contributed by atoms with E-state index in [1.807, 2.05) is 24.3 Å². The van der Waals surface area contributed by atoms with Gasteiger partial charge in [-0.25, -0.2) is 4.79 Å². The number of benzene rings is 2. The van der Waals surface area contributed by atoms with Gasteiger partial charge in [0.2, 0.25) is 0 Å². The van der Waals surface area contributed by atoms with E-state index in [9.17, 15) is 15.0 Å². The molecule has 2 N–H and O–H groups in total. The third-order valence-electron chi connectivity index (χ3n) is 5.49. The van der Waals surface area contributed by atoms with Gasteiger partial charge in [-0.1, -0.05) is 30.3 Å². The molecule has 3 rings (SSSR count). The van der Waals surface area contributed by atoms with E-state index in [0.717, 1.165) is 30.8 Å². The average molecular weight is 380 g/mol. The van der Waals surface area contributed by atoms with Gasteiger partial charge in [0.1, 0.15) is 5.75 Å². The van der Waals surface area contributed by atoms with Gasteiger partial charge >= 0.3 is 5.97 Å². The fourth-order valence-electron chi connectivity index (χ4n) is 4.12. The molecule has 1 fully saturated rings. The van der Waals surface area contributed by atoms with Crippen LogP contribution in [0.4, 0.5) is 0 Å². The highest BCUT2D eigenvalue weighted by Crippen LogP contribution is 2.34. The Labute approximate surface area is 166 Å². The topological polar surface area (TPSA) is 64.0 Å². The summed E-state index contributed by atoms with van der Waals surface area (Å²) < 4.78 is 0. The predicted octanol–water partition coefficient (Wildman–Crippen LogP) is 3.76. The van der Waals surface area contributed by atoms with E-state index in [-0.39, 0.29) is 23.4 Å². The summed E-state index contributed by atoms with van der Waals surface area (Å²) in [6, 6.07) is 14.8. The summed E-state index contributed by atoms with van der Waals surface area (Å²) in [6.45, 7) is 10.9. The summed E-state index contributed by atoms with van der Waals surface area (Å²) in [4.78, 5) is 16.3. The van der Waals surface area contributed by atoms with Gasteiger partial charge in [-0.2, -0.15) is 0 Å². The molecule has 1 aliphatic heterocycles. The van der Waals surface area contributed by atoms with E-state index in [1.165, 1.54) is 0 Å². The van der Waals surface area contributed by atoms with Gasteiger partial charge in [0.25, 0.3) is 0 Å². The first kappa shape index (κ1) is 20.1. The largest absolute Gasteiger partial charge is 0.508 e. The number of carbonyl (C=O) groups is 1. The van der Waals surface area contributed by atoms with Gasteiger partial charge in [0.15, 0.2) is 0 Å². The van der Waals surface area contributed by atoms with Crippen LogP contribution in [0.5, 0.6) is 5.75 Å². The van der Waals surface area contributed by atoms with Gasteiger partial charge in [-0.15, -0.1) is 6.58 Å². The van der Waals surface area contributed by atoms with Gasteiger partial charge in [0.05, 0.1) is 11.6 Å². The molecule has 5 heteroatoms. The number of hydrogen-bond acceptors (Lipinski definition) is 4. The van der Waals surface area contributed by atoms with Gasteiger partial charge in [0, 0.05) is 31.7 Å². The maximum Gasteiger partial charge on any atom is 0.335 e. The van der Waals surface area contributed by atoms with Gasteiger partial charge < -0.3 is 10.2 Å². The molecule has 148 valence electrons. The van der Waals surface area contributed by atoms with Crippen LogP contribution in [0.1, 0.15) is 41.4 Å². The number of carboxylic acid groups (broad SMARTS) is 1. The molecule has 2 aromatic carbocycles. The van der Waals surface area contributed by atoms with Crippen molar-refractivity contribution in [3.63, 3.8) is 0 Å². The number of aromatic carboxylic acids is 1. The number of phenols is 1. The molecule has 2 aromatic rings. The minimum atomic E-state index is -0.936. The highest BCUT2D eigenvalue weighted by molar-refractivity contribution is 5.87. The fourth-order valence-corrected chi connectivity index (χ4v) is 4.12. The van der Waals surface area contributed by atoms with E-state index in [2.05, 4.69) is 30.2 Å². The van der Waals surface area contributed by atoms with Gasteiger partial charge in [-0.3, -0.25) is 9.80 Å². The zero-order chi connectivity index (χ0) is 20.3. The van der Waals surface area contributed by atoms with Crippen LogP contribution in [0.25, 0.3) is 0 Å². The lowest BCUT2D eigenvalue weighted by Crippen LogP contribution is -2.57. The number of nitrogens with zero attached hydrogens (tertiary/aromatic N) is 2. The van der Waals surface area contributed by atoms with Crippen molar-refractivity contribution in [2.24, 2.45) is 0 Å². The second-order valence-electron chi connectivity index (χ2n) is 7.57. The van der Waals surface area contributed by atoms with Crippen LogP contribution >= 0.6 is 0 Å². The summed E-state index contributed by atoms with van der Waals surface area (Å²) in [5.74, 6) is -0.725. The number of aromatic hydroxyl groups is 1. The lowest BCUT2D eigenvalue weighted by atomic mass is 9.92. The zero-order valence-corrected chi connectivity index (χ0v) is 16.5. The molecule has 1 aliphatic rings. The van der Waals surface area contributed by atoms with E-state index in [1.54, 1.807) is 30.3 Å². The Bertz CT molecular complexity index is 851. The highest BCUT2D eigenvalue weighted by Gasteiger charge is 2.34. The van der Waals surface area contributed by atoms with Crippen molar-refractivity contribution in [1.82, 2.24) is 9.80 Å². The van der Waals surface area contributed by atoms with Crippen molar-refractivity contribution in [3.8, 4) is 5.75 Å². The molecule has 0 unspecified atom stereocenters. The first-order valence-corrected chi connectivity index (χ1v) is 9.63. The van der Waals surface area contributed by atoms with E-state index in [4.69, 9.17) is 0 Å². The Balaban J connectivity index is 2.03. The van der Waals surface area contributed by atoms with Crippen molar-refractivity contribution >= 4 is 5.97 Å². The third-order valence-corrected chi connectivity index (χ3v) is 5.49. The molecule has 0 spiro atoms. The third kappa shape index (κ3) is 4.26. The quantitative estimate of drug-likeness (QED) is 0.747.